The molecule has 0 unspecified atom stereocenters. The van der Waals surface area contributed by atoms with Crippen LogP contribution in [0.5, 0.6) is 0 Å². The van der Waals surface area contributed by atoms with E-state index in [1.54, 1.807) is 6.20 Å². The molecule has 1 aromatic heterocycles. The number of nitrogens with zero attached hydrogens (tertiary/aromatic N) is 2. The van der Waals surface area contributed by atoms with E-state index >= 15 is 0 Å². The van der Waals surface area contributed by atoms with Crippen molar-refractivity contribution in [3.05, 3.63) is 11.9 Å². The molecule has 0 fully saturated rings. The number of aromatic amines is 1. The fraction of sp³-hybridized carbons (Fsp3) is 0.750. The second-order valence-corrected chi connectivity index (χ2v) is 3.25. The Labute approximate surface area is 78.3 Å². The van der Waals surface area contributed by atoms with Crippen molar-refractivity contribution in [1.29, 1.82) is 0 Å². The van der Waals surface area contributed by atoms with Crippen molar-refractivity contribution < 1.29 is 0 Å². The molecule has 0 spiro atoms. The third-order valence-electron chi connectivity index (χ3n) is 1.63. The lowest BCUT2D eigenvalue weighted by molar-refractivity contribution is 0.553. The molecular weight excluding hydrogens is 166 g/mol. The van der Waals surface area contributed by atoms with Gasteiger partial charge in [0.2, 0.25) is 0 Å². The second kappa shape index (κ2) is 5.66. The standard InChI is InChI=1S/C8H17N5/c1-7(2)10-4-3-9-5-8-6-11-13-12-8/h6-7,9-10H,3-5H2,1-2H3,(H,11,12,13). The van der Waals surface area contributed by atoms with E-state index in [9.17, 15) is 0 Å². The zero-order valence-electron chi connectivity index (χ0n) is 8.17. The monoisotopic (exact) mass is 183 g/mol. The van der Waals surface area contributed by atoms with Crippen LogP contribution in [0.2, 0.25) is 0 Å². The van der Waals surface area contributed by atoms with Crippen LogP contribution in [0.15, 0.2) is 6.20 Å². The summed E-state index contributed by atoms with van der Waals surface area (Å²) in [6.45, 7) is 6.98. The third-order valence-corrected chi connectivity index (χ3v) is 1.63. The first-order valence-corrected chi connectivity index (χ1v) is 4.58. The summed E-state index contributed by atoms with van der Waals surface area (Å²) in [5, 5.41) is 16.8. The molecule has 0 saturated heterocycles. The lowest BCUT2D eigenvalue weighted by Gasteiger charge is -2.07. The zero-order valence-corrected chi connectivity index (χ0v) is 8.17. The van der Waals surface area contributed by atoms with Crippen molar-refractivity contribution in [2.75, 3.05) is 13.1 Å². The van der Waals surface area contributed by atoms with Gasteiger partial charge >= 0.3 is 0 Å². The van der Waals surface area contributed by atoms with Gasteiger partial charge < -0.3 is 10.6 Å². The van der Waals surface area contributed by atoms with Gasteiger partial charge in [0, 0.05) is 25.7 Å². The third kappa shape index (κ3) is 4.59. The average Bonchev–Trinajstić information content (AvgIpc) is 2.55. The van der Waals surface area contributed by atoms with Crippen molar-refractivity contribution in [3.8, 4) is 0 Å². The molecule has 0 aromatic carbocycles. The van der Waals surface area contributed by atoms with E-state index in [0.29, 0.717) is 6.04 Å². The minimum atomic E-state index is 0.550. The Morgan fingerprint density at radius 2 is 2.31 bits per heavy atom. The van der Waals surface area contributed by atoms with Crippen molar-refractivity contribution >= 4 is 0 Å². The van der Waals surface area contributed by atoms with Gasteiger partial charge in [0.15, 0.2) is 0 Å². The van der Waals surface area contributed by atoms with E-state index in [-0.39, 0.29) is 0 Å². The summed E-state index contributed by atoms with van der Waals surface area (Å²) in [5.41, 5.74) is 0.949. The van der Waals surface area contributed by atoms with Crippen LogP contribution in [0.1, 0.15) is 19.5 Å². The van der Waals surface area contributed by atoms with Crippen LogP contribution >= 0.6 is 0 Å². The van der Waals surface area contributed by atoms with Crippen LogP contribution in [0.25, 0.3) is 0 Å². The van der Waals surface area contributed by atoms with Crippen molar-refractivity contribution in [2.24, 2.45) is 0 Å². The van der Waals surface area contributed by atoms with Gasteiger partial charge in [0.25, 0.3) is 0 Å². The van der Waals surface area contributed by atoms with Gasteiger partial charge in [0.1, 0.15) is 0 Å². The topological polar surface area (TPSA) is 65.6 Å². The van der Waals surface area contributed by atoms with Gasteiger partial charge in [-0.1, -0.05) is 13.8 Å². The Balaban J connectivity index is 1.96. The molecule has 3 N–H and O–H groups in total. The van der Waals surface area contributed by atoms with Crippen LogP contribution in [0.4, 0.5) is 0 Å². The molecule has 0 atom stereocenters. The number of nitrogens with one attached hydrogen (secondary N) is 3. The van der Waals surface area contributed by atoms with Crippen molar-refractivity contribution in [3.63, 3.8) is 0 Å². The number of hydrogen-bond acceptors (Lipinski definition) is 4. The lowest BCUT2D eigenvalue weighted by Crippen LogP contribution is -2.31. The first-order valence-electron chi connectivity index (χ1n) is 4.58. The van der Waals surface area contributed by atoms with Crippen LogP contribution in [-0.2, 0) is 6.54 Å². The van der Waals surface area contributed by atoms with Gasteiger partial charge in [-0.2, -0.15) is 15.4 Å². The number of aromatic nitrogens is 3. The molecule has 13 heavy (non-hydrogen) atoms. The Kier molecular flexibility index (Phi) is 4.42. The van der Waals surface area contributed by atoms with Crippen LogP contribution in [0.3, 0.4) is 0 Å². The van der Waals surface area contributed by atoms with E-state index in [0.717, 1.165) is 25.3 Å². The van der Waals surface area contributed by atoms with Gasteiger partial charge in [-0.3, -0.25) is 0 Å². The SMILES string of the molecule is CC(C)NCCNCc1cn[nH]n1. The first kappa shape index (κ1) is 10.1. The predicted molar refractivity (Wildman–Crippen MR) is 51.2 cm³/mol. The van der Waals surface area contributed by atoms with Crippen LogP contribution < -0.4 is 10.6 Å². The molecule has 0 amide bonds. The molecule has 0 aliphatic heterocycles. The van der Waals surface area contributed by atoms with E-state index in [1.807, 2.05) is 0 Å². The highest BCUT2D eigenvalue weighted by atomic mass is 15.3. The summed E-state index contributed by atoms with van der Waals surface area (Å²) in [7, 11) is 0. The highest BCUT2D eigenvalue weighted by Gasteiger charge is 1.94. The minimum absolute atomic E-state index is 0.550. The predicted octanol–water partition coefficient (Wildman–Crippen LogP) is -0.108. The molecule has 74 valence electrons. The first-order chi connectivity index (χ1) is 6.29. The van der Waals surface area contributed by atoms with Gasteiger partial charge in [0.05, 0.1) is 11.9 Å². The second-order valence-electron chi connectivity index (χ2n) is 3.25. The van der Waals surface area contributed by atoms with Crippen molar-refractivity contribution in [1.82, 2.24) is 26.0 Å². The van der Waals surface area contributed by atoms with Crippen molar-refractivity contribution in [2.45, 2.75) is 26.4 Å². The molecule has 0 aliphatic carbocycles. The number of rotatable bonds is 6. The summed E-state index contributed by atoms with van der Waals surface area (Å²) in [6.07, 6.45) is 1.73. The molecule has 1 rings (SSSR count). The minimum Gasteiger partial charge on any atom is -0.313 e. The maximum absolute atomic E-state index is 3.93. The molecule has 0 bridgehead atoms. The van der Waals surface area contributed by atoms with Gasteiger partial charge in [-0.25, -0.2) is 0 Å². The molecule has 0 radical (unpaired) electrons. The fourth-order valence-corrected chi connectivity index (χ4v) is 0.976. The van der Waals surface area contributed by atoms with Crippen LogP contribution in [0, 0.1) is 0 Å². The summed E-state index contributed by atoms with van der Waals surface area (Å²) >= 11 is 0. The zero-order chi connectivity index (χ0) is 9.52. The molecule has 0 aliphatic rings. The molecule has 0 saturated carbocycles. The molecule has 5 heteroatoms. The van der Waals surface area contributed by atoms with E-state index in [4.69, 9.17) is 0 Å². The molecule has 5 nitrogen and oxygen atoms in total. The van der Waals surface area contributed by atoms with Crippen LogP contribution in [-0.4, -0.2) is 34.5 Å². The summed E-state index contributed by atoms with van der Waals surface area (Å²) in [4.78, 5) is 0. The summed E-state index contributed by atoms with van der Waals surface area (Å²) in [5.74, 6) is 0. The Morgan fingerprint density at radius 1 is 1.46 bits per heavy atom. The number of H-pyrrole nitrogens is 1. The Hall–Kier alpha value is -0.940. The quantitative estimate of drug-likeness (QED) is 0.538. The highest BCUT2D eigenvalue weighted by Crippen LogP contribution is 1.85. The average molecular weight is 183 g/mol. The largest absolute Gasteiger partial charge is 0.313 e. The Bertz CT molecular complexity index is 206. The van der Waals surface area contributed by atoms with E-state index < -0.39 is 0 Å². The Morgan fingerprint density at radius 3 is 2.92 bits per heavy atom. The smallest absolute Gasteiger partial charge is 0.0962 e. The fourth-order valence-electron chi connectivity index (χ4n) is 0.976. The van der Waals surface area contributed by atoms with E-state index in [2.05, 4.69) is 39.9 Å². The molecular formula is C8H17N5. The summed E-state index contributed by atoms with van der Waals surface area (Å²) in [6, 6.07) is 0.550. The molecule has 1 heterocycles. The van der Waals surface area contributed by atoms with Gasteiger partial charge in [-0.15, -0.1) is 0 Å². The van der Waals surface area contributed by atoms with E-state index in [1.165, 1.54) is 0 Å². The molecule has 1 aromatic rings. The van der Waals surface area contributed by atoms with Gasteiger partial charge in [-0.05, 0) is 0 Å². The maximum Gasteiger partial charge on any atom is 0.0962 e. The number of hydrogen-bond donors (Lipinski definition) is 3. The maximum atomic E-state index is 3.93. The lowest BCUT2D eigenvalue weighted by atomic mass is 10.4. The summed E-state index contributed by atoms with van der Waals surface area (Å²) < 4.78 is 0. The highest BCUT2D eigenvalue weighted by molar-refractivity contribution is 4.88. The normalized spacial score (nSPS) is 11.0.